The average Bonchev–Trinajstić information content (AvgIpc) is 2.54. The number of Topliss-reactive ketones (excluding diaryl/α,β-unsaturated/α-hetero) is 1. The molecule has 6 nitrogen and oxygen atoms in total. The molecular weight excluding hydrogens is 330 g/mol. The van der Waals surface area contributed by atoms with Gasteiger partial charge in [0.25, 0.3) is 0 Å². The molecule has 0 atom stereocenters. The van der Waals surface area contributed by atoms with Crippen molar-refractivity contribution in [3.63, 3.8) is 0 Å². The van der Waals surface area contributed by atoms with Gasteiger partial charge in [0.05, 0.1) is 5.92 Å². The van der Waals surface area contributed by atoms with Crippen LogP contribution >= 0.6 is 12.4 Å². The van der Waals surface area contributed by atoms with Crippen molar-refractivity contribution in [1.82, 2.24) is 5.32 Å². The van der Waals surface area contributed by atoms with E-state index < -0.39 is 0 Å². The Morgan fingerprint density at radius 1 is 1.21 bits per heavy atom. The lowest BCUT2D eigenvalue weighted by atomic mass is 9.82. The van der Waals surface area contributed by atoms with Gasteiger partial charge in [-0.3, -0.25) is 15.0 Å². The van der Waals surface area contributed by atoms with Crippen LogP contribution in [0.25, 0.3) is 0 Å². The summed E-state index contributed by atoms with van der Waals surface area (Å²) in [4.78, 5) is 23.4. The molecular formula is C17H24ClN3O3. The lowest BCUT2D eigenvalue weighted by Crippen LogP contribution is -2.36. The molecule has 1 aliphatic rings. The van der Waals surface area contributed by atoms with E-state index in [1.165, 1.54) is 6.92 Å². The second kappa shape index (κ2) is 9.27. The van der Waals surface area contributed by atoms with Crippen LogP contribution in [-0.4, -0.2) is 24.3 Å². The Morgan fingerprint density at radius 2 is 1.79 bits per heavy atom. The van der Waals surface area contributed by atoms with Crippen molar-refractivity contribution >= 4 is 30.1 Å². The monoisotopic (exact) mass is 353 g/mol. The standard InChI is InChI=1S/C17H23N3O3.ClH/c1-11(21)13-6-8-15(9-7-13)23-16(22)14-4-2-12(3-5-14)10-20-17(18)19;/h6-9,12,14H,2-5,10H2,1H3,(H4,18,19,20);1H. The number of hydrogen-bond donors (Lipinski definition) is 3. The summed E-state index contributed by atoms with van der Waals surface area (Å²) in [5.41, 5.74) is 5.88. The number of esters is 1. The summed E-state index contributed by atoms with van der Waals surface area (Å²) in [6, 6.07) is 6.62. The molecule has 0 unspecified atom stereocenters. The second-order valence-corrected chi connectivity index (χ2v) is 6.01. The highest BCUT2D eigenvalue weighted by atomic mass is 35.5. The summed E-state index contributed by atoms with van der Waals surface area (Å²) in [7, 11) is 0. The number of benzene rings is 1. The van der Waals surface area contributed by atoms with Gasteiger partial charge in [-0.25, -0.2) is 0 Å². The predicted octanol–water partition coefficient (Wildman–Crippen LogP) is 2.51. The predicted molar refractivity (Wildman–Crippen MR) is 94.7 cm³/mol. The zero-order valence-electron chi connectivity index (χ0n) is 13.7. The molecule has 2 rings (SSSR count). The number of ketones is 1. The van der Waals surface area contributed by atoms with E-state index in [1.807, 2.05) is 0 Å². The van der Waals surface area contributed by atoms with Gasteiger partial charge in [-0.05, 0) is 62.8 Å². The molecule has 0 spiro atoms. The minimum absolute atomic E-state index is 0. The molecule has 1 aromatic carbocycles. The Hall–Kier alpha value is -2.08. The van der Waals surface area contributed by atoms with Crippen LogP contribution in [0, 0.1) is 17.2 Å². The van der Waals surface area contributed by atoms with Crippen LogP contribution in [0.5, 0.6) is 5.75 Å². The van der Waals surface area contributed by atoms with Crippen molar-refractivity contribution in [2.24, 2.45) is 17.6 Å². The molecule has 0 saturated heterocycles. The topological polar surface area (TPSA) is 105 Å². The molecule has 1 fully saturated rings. The largest absolute Gasteiger partial charge is 0.426 e. The number of rotatable bonds is 5. The average molecular weight is 354 g/mol. The first-order valence-corrected chi connectivity index (χ1v) is 7.86. The minimum atomic E-state index is -0.210. The Bertz CT molecular complexity index is 581. The summed E-state index contributed by atoms with van der Waals surface area (Å²) in [5.74, 6) is 0.591. The van der Waals surface area contributed by atoms with Crippen molar-refractivity contribution in [1.29, 1.82) is 5.41 Å². The third-order valence-corrected chi connectivity index (χ3v) is 4.24. The smallest absolute Gasteiger partial charge is 0.314 e. The Morgan fingerprint density at radius 3 is 2.29 bits per heavy atom. The van der Waals surface area contributed by atoms with Crippen LogP contribution in [0.2, 0.25) is 0 Å². The van der Waals surface area contributed by atoms with E-state index in [0.29, 0.717) is 23.8 Å². The number of guanidine groups is 1. The Labute approximate surface area is 148 Å². The normalized spacial score (nSPS) is 19.7. The first-order valence-electron chi connectivity index (χ1n) is 7.86. The number of nitrogens with two attached hydrogens (primary N) is 1. The lowest BCUT2D eigenvalue weighted by Gasteiger charge is -2.27. The number of carbonyl (C=O) groups excluding carboxylic acids is 2. The molecule has 7 heteroatoms. The molecule has 1 saturated carbocycles. The van der Waals surface area contributed by atoms with Gasteiger partial charge in [0, 0.05) is 12.1 Å². The van der Waals surface area contributed by atoms with Gasteiger partial charge in [0.2, 0.25) is 0 Å². The summed E-state index contributed by atoms with van der Waals surface area (Å²) < 4.78 is 5.40. The van der Waals surface area contributed by atoms with Gasteiger partial charge in [-0.15, -0.1) is 12.4 Å². The summed E-state index contributed by atoms with van der Waals surface area (Å²) in [6.07, 6.45) is 3.41. The zero-order valence-corrected chi connectivity index (χ0v) is 14.5. The van der Waals surface area contributed by atoms with Crippen molar-refractivity contribution in [3.05, 3.63) is 29.8 Å². The van der Waals surface area contributed by atoms with Crippen molar-refractivity contribution < 1.29 is 14.3 Å². The van der Waals surface area contributed by atoms with E-state index in [9.17, 15) is 9.59 Å². The van der Waals surface area contributed by atoms with Crippen molar-refractivity contribution in [2.75, 3.05) is 6.54 Å². The fourth-order valence-electron chi connectivity index (χ4n) is 2.81. The molecule has 0 amide bonds. The Kier molecular flexibility index (Phi) is 7.71. The van der Waals surface area contributed by atoms with Crippen LogP contribution in [0.4, 0.5) is 0 Å². The highest BCUT2D eigenvalue weighted by Crippen LogP contribution is 2.29. The molecule has 132 valence electrons. The number of hydrogen-bond acceptors (Lipinski definition) is 4. The molecule has 4 N–H and O–H groups in total. The molecule has 0 radical (unpaired) electrons. The van der Waals surface area contributed by atoms with Gasteiger partial charge >= 0.3 is 5.97 Å². The van der Waals surface area contributed by atoms with E-state index in [1.54, 1.807) is 24.3 Å². The maximum Gasteiger partial charge on any atom is 0.314 e. The Balaban J connectivity index is 0.00000288. The van der Waals surface area contributed by atoms with Crippen molar-refractivity contribution in [3.8, 4) is 5.75 Å². The number of halogens is 1. The van der Waals surface area contributed by atoms with Gasteiger partial charge in [-0.1, -0.05) is 0 Å². The van der Waals surface area contributed by atoms with Gasteiger partial charge < -0.3 is 15.8 Å². The van der Waals surface area contributed by atoms with E-state index in [0.717, 1.165) is 25.7 Å². The molecule has 0 aliphatic heterocycles. The molecule has 0 heterocycles. The first-order chi connectivity index (χ1) is 11.0. The van der Waals surface area contributed by atoms with Crippen LogP contribution in [-0.2, 0) is 4.79 Å². The zero-order chi connectivity index (χ0) is 16.8. The number of ether oxygens (including phenoxy) is 1. The third kappa shape index (κ3) is 5.85. The fraction of sp³-hybridized carbons (Fsp3) is 0.471. The number of nitrogens with one attached hydrogen (secondary N) is 2. The van der Waals surface area contributed by atoms with E-state index in [-0.39, 0.29) is 36.0 Å². The van der Waals surface area contributed by atoms with Gasteiger partial charge in [-0.2, -0.15) is 0 Å². The highest BCUT2D eigenvalue weighted by molar-refractivity contribution is 5.94. The molecule has 1 aliphatic carbocycles. The quantitative estimate of drug-likeness (QED) is 0.248. The lowest BCUT2D eigenvalue weighted by molar-refractivity contribution is -0.140. The third-order valence-electron chi connectivity index (χ3n) is 4.24. The van der Waals surface area contributed by atoms with E-state index >= 15 is 0 Å². The van der Waals surface area contributed by atoms with E-state index in [2.05, 4.69) is 5.32 Å². The summed E-state index contributed by atoms with van der Waals surface area (Å²) in [6.45, 7) is 2.18. The minimum Gasteiger partial charge on any atom is -0.426 e. The van der Waals surface area contributed by atoms with Crippen LogP contribution in [0.15, 0.2) is 24.3 Å². The van der Waals surface area contributed by atoms with E-state index in [4.69, 9.17) is 15.9 Å². The summed E-state index contributed by atoms with van der Waals surface area (Å²) >= 11 is 0. The fourth-order valence-corrected chi connectivity index (χ4v) is 2.81. The SMILES string of the molecule is CC(=O)c1ccc(OC(=O)C2CCC(CNC(=N)N)CC2)cc1.Cl. The second-order valence-electron chi connectivity index (χ2n) is 6.01. The highest BCUT2D eigenvalue weighted by Gasteiger charge is 2.27. The maximum absolute atomic E-state index is 12.2. The molecule has 24 heavy (non-hydrogen) atoms. The molecule has 1 aromatic rings. The van der Waals surface area contributed by atoms with Crippen molar-refractivity contribution in [2.45, 2.75) is 32.6 Å². The van der Waals surface area contributed by atoms with Gasteiger partial charge in [0.1, 0.15) is 5.75 Å². The number of carbonyl (C=O) groups is 2. The maximum atomic E-state index is 12.2. The van der Waals surface area contributed by atoms with Gasteiger partial charge in [0.15, 0.2) is 11.7 Å². The summed E-state index contributed by atoms with van der Waals surface area (Å²) in [5, 5.41) is 9.99. The first kappa shape index (κ1) is 20.0. The van der Waals surface area contributed by atoms with Crippen LogP contribution < -0.4 is 15.8 Å². The van der Waals surface area contributed by atoms with Crippen LogP contribution in [0.1, 0.15) is 43.0 Å². The molecule has 0 aromatic heterocycles. The van der Waals surface area contributed by atoms with Crippen LogP contribution in [0.3, 0.4) is 0 Å². The molecule has 0 bridgehead atoms.